The van der Waals surface area contributed by atoms with Crippen molar-refractivity contribution in [3.8, 4) is 17.2 Å². The topological polar surface area (TPSA) is 44.8 Å². The van der Waals surface area contributed by atoms with Crippen LogP contribution in [0.25, 0.3) is 6.08 Å². The fourth-order valence-electron chi connectivity index (χ4n) is 2.13. The molecular weight excluding hydrogens is 268 g/mol. The standard InChI is InChI=1S/C17H14O4/c1-19-15-5-3-2-4-13(15)14(18)8-6-12-7-9-16-17(10-12)21-11-20-16/h2-10H,11H2,1H3. The van der Waals surface area contributed by atoms with Gasteiger partial charge in [-0.3, -0.25) is 4.79 Å². The van der Waals surface area contributed by atoms with Gasteiger partial charge in [0.2, 0.25) is 6.79 Å². The Hall–Kier alpha value is -2.75. The normalized spacial score (nSPS) is 12.6. The van der Waals surface area contributed by atoms with Crippen molar-refractivity contribution in [1.29, 1.82) is 0 Å². The van der Waals surface area contributed by atoms with Gasteiger partial charge in [-0.25, -0.2) is 0 Å². The fourth-order valence-corrected chi connectivity index (χ4v) is 2.13. The number of carbonyl (C=O) groups is 1. The summed E-state index contributed by atoms with van der Waals surface area (Å²) in [4.78, 5) is 12.2. The molecule has 4 heteroatoms. The van der Waals surface area contributed by atoms with E-state index >= 15 is 0 Å². The van der Waals surface area contributed by atoms with E-state index in [-0.39, 0.29) is 12.6 Å². The highest BCUT2D eigenvalue weighted by atomic mass is 16.7. The molecule has 21 heavy (non-hydrogen) atoms. The Morgan fingerprint density at radius 3 is 2.81 bits per heavy atom. The average Bonchev–Trinajstić information content (AvgIpc) is 3.00. The first kappa shape index (κ1) is 13.2. The van der Waals surface area contributed by atoms with Gasteiger partial charge in [0.05, 0.1) is 12.7 Å². The van der Waals surface area contributed by atoms with Crippen molar-refractivity contribution >= 4 is 11.9 Å². The molecule has 3 rings (SSSR count). The number of carbonyl (C=O) groups excluding carboxylic acids is 1. The number of ether oxygens (including phenoxy) is 3. The summed E-state index contributed by atoms with van der Waals surface area (Å²) in [6.07, 6.45) is 3.27. The first-order valence-corrected chi connectivity index (χ1v) is 6.53. The summed E-state index contributed by atoms with van der Waals surface area (Å²) in [5.41, 5.74) is 1.42. The molecule has 0 aromatic heterocycles. The molecule has 0 N–H and O–H groups in total. The third kappa shape index (κ3) is 2.74. The van der Waals surface area contributed by atoms with E-state index in [0.717, 1.165) is 11.3 Å². The van der Waals surface area contributed by atoms with Gasteiger partial charge in [-0.15, -0.1) is 0 Å². The van der Waals surface area contributed by atoms with Crippen LogP contribution in [0.5, 0.6) is 17.2 Å². The van der Waals surface area contributed by atoms with E-state index in [1.165, 1.54) is 6.08 Å². The summed E-state index contributed by atoms with van der Waals surface area (Å²) in [6.45, 7) is 0.239. The van der Waals surface area contributed by atoms with Crippen LogP contribution in [0.4, 0.5) is 0 Å². The largest absolute Gasteiger partial charge is 0.496 e. The van der Waals surface area contributed by atoms with Gasteiger partial charge in [-0.05, 0) is 35.9 Å². The number of benzene rings is 2. The Balaban J connectivity index is 1.81. The molecule has 0 atom stereocenters. The number of hydrogen-bond donors (Lipinski definition) is 0. The number of ketones is 1. The Morgan fingerprint density at radius 2 is 1.95 bits per heavy atom. The number of para-hydroxylation sites is 1. The molecule has 0 bridgehead atoms. The van der Waals surface area contributed by atoms with Crippen LogP contribution >= 0.6 is 0 Å². The van der Waals surface area contributed by atoms with Crippen molar-refractivity contribution in [3.63, 3.8) is 0 Å². The van der Waals surface area contributed by atoms with Gasteiger partial charge in [0.1, 0.15) is 5.75 Å². The summed E-state index contributed by atoms with van der Waals surface area (Å²) in [7, 11) is 1.55. The molecule has 2 aromatic carbocycles. The zero-order valence-corrected chi connectivity index (χ0v) is 11.5. The molecule has 0 unspecified atom stereocenters. The molecule has 1 aliphatic rings. The minimum absolute atomic E-state index is 0.106. The molecule has 2 aromatic rings. The second-order valence-electron chi connectivity index (χ2n) is 4.51. The summed E-state index contributed by atoms with van der Waals surface area (Å²) < 4.78 is 15.7. The number of hydrogen-bond acceptors (Lipinski definition) is 4. The van der Waals surface area contributed by atoms with Gasteiger partial charge < -0.3 is 14.2 Å². The SMILES string of the molecule is COc1ccccc1C(=O)C=Cc1ccc2c(c1)OCO2. The maximum absolute atomic E-state index is 12.2. The number of fused-ring (bicyclic) bond motifs is 1. The molecule has 1 heterocycles. The van der Waals surface area contributed by atoms with E-state index < -0.39 is 0 Å². The van der Waals surface area contributed by atoms with Crippen LogP contribution < -0.4 is 14.2 Å². The maximum Gasteiger partial charge on any atom is 0.231 e. The van der Waals surface area contributed by atoms with Gasteiger partial charge in [0, 0.05) is 0 Å². The van der Waals surface area contributed by atoms with Gasteiger partial charge in [0.15, 0.2) is 17.3 Å². The van der Waals surface area contributed by atoms with Crippen LogP contribution in [0.3, 0.4) is 0 Å². The van der Waals surface area contributed by atoms with Crippen LogP contribution in [-0.4, -0.2) is 19.7 Å². The lowest BCUT2D eigenvalue weighted by molar-refractivity contribution is 0.104. The van der Waals surface area contributed by atoms with Gasteiger partial charge >= 0.3 is 0 Å². The summed E-state index contributed by atoms with van der Waals surface area (Å²) in [6, 6.07) is 12.7. The quantitative estimate of drug-likeness (QED) is 0.637. The molecule has 0 amide bonds. The lowest BCUT2D eigenvalue weighted by Crippen LogP contribution is -1.98. The zero-order chi connectivity index (χ0) is 14.7. The molecule has 4 nitrogen and oxygen atoms in total. The summed E-state index contributed by atoms with van der Waals surface area (Å²) in [5.74, 6) is 1.88. The van der Waals surface area contributed by atoms with E-state index in [1.807, 2.05) is 30.3 Å². The predicted octanol–water partition coefficient (Wildman–Crippen LogP) is 3.32. The predicted molar refractivity (Wildman–Crippen MR) is 78.9 cm³/mol. The highest BCUT2D eigenvalue weighted by Crippen LogP contribution is 2.32. The number of rotatable bonds is 4. The molecule has 106 valence electrons. The van der Waals surface area contributed by atoms with Crippen LogP contribution in [0.15, 0.2) is 48.5 Å². The van der Waals surface area contributed by atoms with Crippen molar-refractivity contribution < 1.29 is 19.0 Å². The Bertz CT molecular complexity index is 704. The Morgan fingerprint density at radius 1 is 1.14 bits per heavy atom. The summed E-state index contributed by atoms with van der Waals surface area (Å²) in [5, 5.41) is 0. The first-order valence-electron chi connectivity index (χ1n) is 6.53. The van der Waals surface area contributed by atoms with Crippen LogP contribution in [0.1, 0.15) is 15.9 Å². The second kappa shape index (κ2) is 5.71. The molecule has 0 saturated carbocycles. The van der Waals surface area contributed by atoms with Crippen molar-refractivity contribution in [2.24, 2.45) is 0 Å². The minimum atomic E-state index is -0.106. The van der Waals surface area contributed by atoms with Crippen molar-refractivity contribution in [2.75, 3.05) is 13.9 Å². The fraction of sp³-hybridized carbons (Fsp3) is 0.118. The molecule has 1 aliphatic heterocycles. The molecule has 0 saturated heterocycles. The molecule has 0 fully saturated rings. The monoisotopic (exact) mass is 282 g/mol. The van der Waals surface area contributed by atoms with Crippen LogP contribution in [0, 0.1) is 0 Å². The summed E-state index contributed by atoms with van der Waals surface area (Å²) >= 11 is 0. The molecule has 0 spiro atoms. The van der Waals surface area contributed by atoms with Gasteiger partial charge in [-0.1, -0.05) is 24.3 Å². The van der Waals surface area contributed by atoms with Gasteiger partial charge in [-0.2, -0.15) is 0 Å². The van der Waals surface area contributed by atoms with Crippen LogP contribution in [0.2, 0.25) is 0 Å². The van der Waals surface area contributed by atoms with E-state index in [1.54, 1.807) is 25.3 Å². The van der Waals surface area contributed by atoms with E-state index in [9.17, 15) is 4.79 Å². The first-order chi connectivity index (χ1) is 10.3. The third-order valence-corrected chi connectivity index (χ3v) is 3.20. The number of allylic oxidation sites excluding steroid dienone is 1. The molecule has 0 radical (unpaired) electrons. The van der Waals surface area contributed by atoms with E-state index in [0.29, 0.717) is 17.1 Å². The third-order valence-electron chi connectivity index (χ3n) is 3.20. The van der Waals surface area contributed by atoms with Crippen molar-refractivity contribution in [2.45, 2.75) is 0 Å². The van der Waals surface area contributed by atoms with Crippen molar-refractivity contribution in [3.05, 3.63) is 59.7 Å². The zero-order valence-electron chi connectivity index (χ0n) is 11.5. The molecule has 0 aliphatic carbocycles. The van der Waals surface area contributed by atoms with Gasteiger partial charge in [0.25, 0.3) is 0 Å². The highest BCUT2D eigenvalue weighted by Gasteiger charge is 2.13. The average molecular weight is 282 g/mol. The second-order valence-corrected chi connectivity index (χ2v) is 4.51. The van der Waals surface area contributed by atoms with E-state index in [2.05, 4.69) is 0 Å². The Kier molecular flexibility index (Phi) is 3.60. The lowest BCUT2D eigenvalue weighted by Gasteiger charge is -2.04. The van der Waals surface area contributed by atoms with Crippen LogP contribution in [-0.2, 0) is 0 Å². The Labute approximate surface area is 122 Å². The maximum atomic E-state index is 12.2. The lowest BCUT2D eigenvalue weighted by atomic mass is 10.1. The number of methoxy groups -OCH3 is 1. The highest BCUT2D eigenvalue weighted by molar-refractivity contribution is 6.08. The smallest absolute Gasteiger partial charge is 0.231 e. The molecular formula is C17H14O4. The van der Waals surface area contributed by atoms with E-state index in [4.69, 9.17) is 14.2 Å². The minimum Gasteiger partial charge on any atom is -0.496 e. The van der Waals surface area contributed by atoms with Crippen molar-refractivity contribution in [1.82, 2.24) is 0 Å².